The van der Waals surface area contributed by atoms with Crippen LogP contribution < -0.4 is 5.73 Å². The van der Waals surface area contributed by atoms with Crippen molar-refractivity contribution < 1.29 is 8.42 Å². The third kappa shape index (κ3) is 6.10. The molecule has 0 aromatic heterocycles. The first kappa shape index (κ1) is 14.5. The third-order valence-corrected chi connectivity index (χ3v) is 4.81. The van der Waals surface area contributed by atoms with Crippen molar-refractivity contribution in [1.82, 2.24) is 0 Å². The second-order valence-electron chi connectivity index (χ2n) is 4.05. The normalized spacial score (nSPS) is 13.5. The van der Waals surface area contributed by atoms with Gasteiger partial charge in [-0.25, -0.2) is 8.42 Å². The van der Waals surface area contributed by atoms with Crippen LogP contribution in [0.1, 0.15) is 11.5 Å². The van der Waals surface area contributed by atoms with Crippen molar-refractivity contribution in [2.45, 2.75) is 5.92 Å². The molecule has 5 heteroatoms. The van der Waals surface area contributed by atoms with Gasteiger partial charge in [-0.2, -0.15) is 11.8 Å². The first-order valence-corrected chi connectivity index (χ1v) is 8.75. The summed E-state index contributed by atoms with van der Waals surface area (Å²) >= 11 is 1.65. The van der Waals surface area contributed by atoms with Crippen molar-refractivity contribution in [3.05, 3.63) is 35.9 Å². The van der Waals surface area contributed by atoms with Gasteiger partial charge in [-0.1, -0.05) is 30.3 Å². The lowest BCUT2D eigenvalue weighted by atomic mass is 10.0. The van der Waals surface area contributed by atoms with Gasteiger partial charge < -0.3 is 5.73 Å². The van der Waals surface area contributed by atoms with E-state index in [1.165, 1.54) is 11.8 Å². The van der Waals surface area contributed by atoms with Crippen LogP contribution in [0.5, 0.6) is 0 Å². The molecule has 0 aliphatic carbocycles. The molecular formula is C12H19NO2S2. The molecule has 1 aromatic rings. The standard InChI is InChI=1S/C12H19NO2S2/c1-17(14,15)8-7-16-10-12(9-13)11-5-3-2-4-6-11/h2-6,12H,7-10,13H2,1H3. The molecule has 0 aliphatic rings. The summed E-state index contributed by atoms with van der Waals surface area (Å²) in [5, 5.41) is 0. The molecular weight excluding hydrogens is 254 g/mol. The topological polar surface area (TPSA) is 60.2 Å². The van der Waals surface area contributed by atoms with Gasteiger partial charge in [-0.15, -0.1) is 0 Å². The zero-order chi connectivity index (χ0) is 12.7. The van der Waals surface area contributed by atoms with Gasteiger partial charge in [0.05, 0.1) is 5.75 Å². The van der Waals surface area contributed by atoms with Gasteiger partial charge in [0.2, 0.25) is 0 Å². The lowest BCUT2D eigenvalue weighted by Crippen LogP contribution is -2.15. The van der Waals surface area contributed by atoms with Gasteiger partial charge in [0, 0.05) is 23.7 Å². The van der Waals surface area contributed by atoms with Crippen LogP contribution in [0, 0.1) is 0 Å². The molecule has 0 saturated carbocycles. The van der Waals surface area contributed by atoms with E-state index in [1.54, 1.807) is 11.8 Å². The summed E-state index contributed by atoms with van der Waals surface area (Å²) in [5.74, 6) is 2.06. The fourth-order valence-corrected chi connectivity index (χ4v) is 3.92. The van der Waals surface area contributed by atoms with Crippen molar-refractivity contribution in [1.29, 1.82) is 0 Å². The predicted octanol–water partition coefficient (Wildman–Crippen LogP) is 1.51. The molecule has 17 heavy (non-hydrogen) atoms. The Kier molecular flexibility index (Phi) is 6.02. The Hall–Kier alpha value is -0.520. The molecule has 1 aromatic carbocycles. The van der Waals surface area contributed by atoms with Crippen LogP contribution >= 0.6 is 11.8 Å². The van der Waals surface area contributed by atoms with E-state index in [9.17, 15) is 8.42 Å². The number of sulfone groups is 1. The highest BCUT2D eigenvalue weighted by molar-refractivity contribution is 8.00. The summed E-state index contributed by atoms with van der Waals surface area (Å²) in [6.07, 6.45) is 1.27. The van der Waals surface area contributed by atoms with Gasteiger partial charge in [0.1, 0.15) is 9.84 Å². The van der Waals surface area contributed by atoms with E-state index in [1.807, 2.05) is 18.2 Å². The summed E-state index contributed by atoms with van der Waals surface area (Å²) in [6, 6.07) is 10.1. The maximum Gasteiger partial charge on any atom is 0.148 e. The highest BCUT2D eigenvalue weighted by Crippen LogP contribution is 2.19. The summed E-state index contributed by atoms with van der Waals surface area (Å²) in [4.78, 5) is 0. The molecule has 1 rings (SSSR count). The van der Waals surface area contributed by atoms with E-state index in [2.05, 4.69) is 12.1 Å². The number of benzene rings is 1. The van der Waals surface area contributed by atoms with Crippen LogP contribution in [-0.4, -0.2) is 38.5 Å². The molecule has 1 atom stereocenters. The summed E-state index contributed by atoms with van der Waals surface area (Å²) in [7, 11) is -2.85. The Morgan fingerprint density at radius 3 is 2.47 bits per heavy atom. The molecule has 0 bridgehead atoms. The lowest BCUT2D eigenvalue weighted by Gasteiger charge is -2.14. The van der Waals surface area contributed by atoms with Gasteiger partial charge in [-0.05, 0) is 12.1 Å². The molecule has 3 nitrogen and oxygen atoms in total. The average molecular weight is 273 g/mol. The molecule has 2 N–H and O–H groups in total. The predicted molar refractivity (Wildman–Crippen MR) is 75.3 cm³/mol. The Morgan fingerprint density at radius 2 is 1.94 bits per heavy atom. The molecule has 96 valence electrons. The summed E-state index contributed by atoms with van der Waals surface area (Å²) < 4.78 is 22.0. The van der Waals surface area contributed by atoms with Crippen LogP contribution in [0.25, 0.3) is 0 Å². The maximum atomic E-state index is 11.0. The van der Waals surface area contributed by atoms with Gasteiger partial charge in [-0.3, -0.25) is 0 Å². The zero-order valence-corrected chi connectivity index (χ0v) is 11.6. The number of nitrogens with two attached hydrogens (primary N) is 1. The molecule has 0 amide bonds. The third-order valence-electron chi connectivity index (χ3n) is 2.47. The van der Waals surface area contributed by atoms with Crippen molar-refractivity contribution >= 4 is 21.6 Å². The average Bonchev–Trinajstić information content (AvgIpc) is 2.29. The van der Waals surface area contributed by atoms with Crippen LogP contribution in [-0.2, 0) is 9.84 Å². The van der Waals surface area contributed by atoms with E-state index in [0.717, 1.165) is 5.75 Å². The smallest absolute Gasteiger partial charge is 0.148 e. The monoisotopic (exact) mass is 273 g/mol. The van der Waals surface area contributed by atoms with Gasteiger partial charge >= 0.3 is 0 Å². The van der Waals surface area contributed by atoms with Gasteiger partial charge in [0.15, 0.2) is 0 Å². The van der Waals surface area contributed by atoms with Crippen molar-refractivity contribution in [2.75, 3.05) is 30.1 Å². The van der Waals surface area contributed by atoms with Crippen molar-refractivity contribution in [3.63, 3.8) is 0 Å². The number of thioether (sulfide) groups is 1. The molecule has 0 radical (unpaired) electrons. The molecule has 0 aliphatic heterocycles. The Balaban J connectivity index is 2.39. The number of rotatable bonds is 7. The number of hydrogen-bond acceptors (Lipinski definition) is 4. The molecule has 0 saturated heterocycles. The highest BCUT2D eigenvalue weighted by atomic mass is 32.2. The largest absolute Gasteiger partial charge is 0.330 e. The molecule has 1 unspecified atom stereocenters. The van der Waals surface area contributed by atoms with E-state index < -0.39 is 9.84 Å². The van der Waals surface area contributed by atoms with Crippen LogP contribution in [0.4, 0.5) is 0 Å². The molecule has 0 spiro atoms. The Bertz CT molecular complexity index is 417. The summed E-state index contributed by atoms with van der Waals surface area (Å²) in [5.41, 5.74) is 6.97. The second-order valence-corrected chi connectivity index (χ2v) is 7.46. The fraction of sp³-hybridized carbons (Fsp3) is 0.500. The van der Waals surface area contributed by atoms with E-state index in [-0.39, 0.29) is 5.75 Å². The quantitative estimate of drug-likeness (QED) is 0.765. The second kappa shape index (κ2) is 7.03. The highest BCUT2D eigenvalue weighted by Gasteiger charge is 2.10. The van der Waals surface area contributed by atoms with Crippen molar-refractivity contribution in [3.8, 4) is 0 Å². The Morgan fingerprint density at radius 1 is 1.29 bits per heavy atom. The first-order chi connectivity index (χ1) is 8.03. The SMILES string of the molecule is CS(=O)(=O)CCSCC(CN)c1ccccc1. The minimum Gasteiger partial charge on any atom is -0.330 e. The minimum absolute atomic E-state index is 0.240. The lowest BCUT2D eigenvalue weighted by molar-refractivity contribution is 0.603. The van der Waals surface area contributed by atoms with Crippen LogP contribution in [0.15, 0.2) is 30.3 Å². The molecule has 0 heterocycles. The zero-order valence-electron chi connectivity index (χ0n) is 10.0. The summed E-state index contributed by atoms with van der Waals surface area (Å²) in [6.45, 7) is 0.593. The van der Waals surface area contributed by atoms with E-state index >= 15 is 0 Å². The number of hydrogen-bond donors (Lipinski definition) is 1. The van der Waals surface area contributed by atoms with E-state index in [4.69, 9.17) is 5.73 Å². The van der Waals surface area contributed by atoms with Crippen molar-refractivity contribution in [2.24, 2.45) is 5.73 Å². The minimum atomic E-state index is -2.85. The first-order valence-electron chi connectivity index (χ1n) is 5.53. The van der Waals surface area contributed by atoms with Crippen LogP contribution in [0.2, 0.25) is 0 Å². The molecule has 0 fully saturated rings. The maximum absolute atomic E-state index is 11.0. The van der Waals surface area contributed by atoms with E-state index in [0.29, 0.717) is 18.2 Å². The van der Waals surface area contributed by atoms with Gasteiger partial charge in [0.25, 0.3) is 0 Å². The fourth-order valence-electron chi connectivity index (χ4n) is 1.46. The Labute approximate surface area is 108 Å². The van der Waals surface area contributed by atoms with Crippen LogP contribution in [0.3, 0.4) is 0 Å².